The van der Waals surface area contributed by atoms with Gasteiger partial charge in [-0.25, -0.2) is 0 Å². The molecule has 160 valence electrons. The Morgan fingerprint density at radius 3 is 2.76 bits per heavy atom. The van der Waals surface area contributed by atoms with Crippen LogP contribution in [0.2, 0.25) is 0 Å². The van der Waals surface area contributed by atoms with Crippen LogP contribution in [0.5, 0.6) is 0 Å². The Morgan fingerprint density at radius 2 is 2.10 bits per heavy atom. The molecule has 1 aromatic heterocycles. The van der Waals surface area contributed by atoms with Crippen molar-refractivity contribution in [1.82, 2.24) is 9.88 Å². The van der Waals surface area contributed by atoms with E-state index >= 15 is 0 Å². The Labute approximate surface area is 174 Å². The van der Waals surface area contributed by atoms with Crippen LogP contribution in [0.25, 0.3) is 6.08 Å². The Hall–Kier alpha value is -2.10. The number of carbonyl (C=O) groups is 1. The maximum absolute atomic E-state index is 12.4. The van der Waals surface area contributed by atoms with Gasteiger partial charge in [0.1, 0.15) is 11.6 Å². The zero-order chi connectivity index (χ0) is 21.2. The Kier molecular flexibility index (Phi) is 9.43. The fourth-order valence-corrected chi connectivity index (χ4v) is 4.10. The number of methoxy groups -OCH3 is 1. The van der Waals surface area contributed by atoms with E-state index in [2.05, 4.69) is 16.8 Å². The molecule has 0 spiro atoms. The maximum atomic E-state index is 12.4. The highest BCUT2D eigenvalue weighted by atomic mass is 16.5. The molecule has 0 aromatic carbocycles. The van der Waals surface area contributed by atoms with Crippen LogP contribution in [0.3, 0.4) is 0 Å². The van der Waals surface area contributed by atoms with E-state index in [4.69, 9.17) is 9.47 Å². The summed E-state index contributed by atoms with van der Waals surface area (Å²) in [5.41, 5.74) is 3.11. The molecule has 1 amide bonds. The van der Waals surface area contributed by atoms with Gasteiger partial charge in [0.05, 0.1) is 18.8 Å². The molecule has 0 saturated heterocycles. The van der Waals surface area contributed by atoms with Crippen molar-refractivity contribution in [3.05, 3.63) is 28.6 Å². The van der Waals surface area contributed by atoms with Crippen LogP contribution in [0.15, 0.2) is 11.6 Å². The molecule has 0 bridgehead atoms. The number of rotatable bonds is 10. The van der Waals surface area contributed by atoms with Crippen molar-refractivity contribution in [1.29, 1.82) is 5.26 Å². The van der Waals surface area contributed by atoms with Crippen molar-refractivity contribution in [2.75, 3.05) is 26.9 Å². The maximum Gasteiger partial charge on any atom is 0.261 e. The number of nitriles is 1. The average molecular weight is 402 g/mol. The molecule has 1 aromatic rings. The molecular formula is C23H35N3O3. The second kappa shape index (κ2) is 11.8. The number of aryl methyl sites for hydroxylation is 1. The lowest BCUT2D eigenvalue weighted by molar-refractivity contribution is -0.117. The van der Waals surface area contributed by atoms with Crippen LogP contribution < -0.4 is 5.32 Å². The lowest BCUT2D eigenvalue weighted by Crippen LogP contribution is -2.27. The van der Waals surface area contributed by atoms with Gasteiger partial charge in [-0.05, 0) is 57.7 Å². The molecule has 1 unspecified atom stereocenters. The average Bonchev–Trinajstić information content (AvgIpc) is 2.99. The number of aromatic nitrogens is 1. The van der Waals surface area contributed by atoms with Crippen LogP contribution in [-0.4, -0.2) is 43.4 Å². The SMILES string of the molecule is COCC(C)n1c(C)cc(/C=C(/C#N)C(=O)NCCCOC2CCCCC2)c1C. The number of carbonyl (C=O) groups excluding carboxylic acids is 1. The standard InChI is InChI=1S/C23H35N3O3/c1-17-13-20(19(3)26(17)18(2)16-28-4)14-21(15-24)23(27)25-11-8-12-29-22-9-6-5-7-10-22/h13-14,18,22H,5-12,16H2,1-4H3,(H,25,27)/b21-14-. The molecule has 0 aliphatic heterocycles. The van der Waals surface area contributed by atoms with E-state index in [1.54, 1.807) is 13.2 Å². The van der Waals surface area contributed by atoms with E-state index in [0.29, 0.717) is 25.9 Å². The summed E-state index contributed by atoms with van der Waals surface area (Å²) in [4.78, 5) is 12.4. The zero-order valence-electron chi connectivity index (χ0n) is 18.3. The van der Waals surface area contributed by atoms with Gasteiger partial charge in [0.25, 0.3) is 5.91 Å². The smallest absolute Gasteiger partial charge is 0.261 e. The third kappa shape index (κ3) is 6.73. The second-order valence-electron chi connectivity index (χ2n) is 7.91. The van der Waals surface area contributed by atoms with E-state index in [0.717, 1.165) is 36.2 Å². The third-order valence-corrected chi connectivity index (χ3v) is 5.55. The minimum absolute atomic E-state index is 0.123. The van der Waals surface area contributed by atoms with Crippen molar-refractivity contribution in [3.8, 4) is 6.07 Å². The third-order valence-electron chi connectivity index (χ3n) is 5.55. The zero-order valence-corrected chi connectivity index (χ0v) is 18.3. The highest BCUT2D eigenvalue weighted by Crippen LogP contribution is 2.23. The summed E-state index contributed by atoms with van der Waals surface area (Å²) in [6.45, 7) is 7.87. The molecule has 1 aliphatic rings. The van der Waals surface area contributed by atoms with Gasteiger partial charge in [-0.3, -0.25) is 4.79 Å². The minimum atomic E-state index is -0.333. The molecule has 0 radical (unpaired) electrons. The quantitative estimate of drug-likeness (QED) is 0.364. The fraction of sp³-hybridized carbons (Fsp3) is 0.652. The van der Waals surface area contributed by atoms with Crippen molar-refractivity contribution >= 4 is 12.0 Å². The topological polar surface area (TPSA) is 76.3 Å². The highest BCUT2D eigenvalue weighted by Gasteiger charge is 2.16. The predicted octanol–water partition coefficient (Wildman–Crippen LogP) is 4.07. The second-order valence-corrected chi connectivity index (χ2v) is 7.91. The molecule has 1 aliphatic carbocycles. The summed E-state index contributed by atoms with van der Waals surface area (Å²) in [5.74, 6) is -0.333. The molecule has 1 atom stereocenters. The van der Waals surface area contributed by atoms with Crippen molar-refractivity contribution in [2.24, 2.45) is 0 Å². The summed E-state index contributed by atoms with van der Waals surface area (Å²) in [6, 6.07) is 4.23. The highest BCUT2D eigenvalue weighted by molar-refractivity contribution is 6.01. The molecule has 1 fully saturated rings. The van der Waals surface area contributed by atoms with E-state index < -0.39 is 0 Å². The normalized spacial score (nSPS) is 16.4. The van der Waals surface area contributed by atoms with E-state index in [9.17, 15) is 10.1 Å². The largest absolute Gasteiger partial charge is 0.383 e. The van der Waals surface area contributed by atoms with Gasteiger partial charge in [0.2, 0.25) is 0 Å². The summed E-state index contributed by atoms with van der Waals surface area (Å²) in [7, 11) is 1.68. The van der Waals surface area contributed by atoms with Gasteiger partial charge in [-0.1, -0.05) is 19.3 Å². The molecular weight excluding hydrogens is 366 g/mol. The molecule has 2 rings (SSSR count). The lowest BCUT2D eigenvalue weighted by atomic mass is 9.98. The minimum Gasteiger partial charge on any atom is -0.383 e. The predicted molar refractivity (Wildman–Crippen MR) is 115 cm³/mol. The van der Waals surface area contributed by atoms with Crippen molar-refractivity contribution < 1.29 is 14.3 Å². The summed E-state index contributed by atoms with van der Waals surface area (Å²) < 4.78 is 13.3. The first-order chi connectivity index (χ1) is 14.0. The van der Waals surface area contributed by atoms with Crippen LogP contribution in [0, 0.1) is 25.2 Å². The van der Waals surface area contributed by atoms with Crippen LogP contribution in [0.1, 0.15) is 68.4 Å². The van der Waals surface area contributed by atoms with E-state index in [1.807, 2.05) is 26.0 Å². The van der Waals surface area contributed by atoms with Crippen LogP contribution in [-0.2, 0) is 14.3 Å². The Bertz CT molecular complexity index is 739. The number of hydrogen-bond donors (Lipinski definition) is 1. The fourth-order valence-electron chi connectivity index (χ4n) is 4.10. The van der Waals surface area contributed by atoms with E-state index in [-0.39, 0.29) is 17.5 Å². The Morgan fingerprint density at radius 1 is 1.38 bits per heavy atom. The number of hydrogen-bond acceptors (Lipinski definition) is 4. The number of nitrogens with one attached hydrogen (secondary N) is 1. The van der Waals surface area contributed by atoms with Gasteiger partial charge < -0.3 is 19.4 Å². The van der Waals surface area contributed by atoms with Gasteiger partial charge in [-0.2, -0.15) is 5.26 Å². The van der Waals surface area contributed by atoms with E-state index in [1.165, 1.54) is 19.3 Å². The van der Waals surface area contributed by atoms with Gasteiger partial charge in [0, 0.05) is 31.6 Å². The number of ether oxygens (including phenoxy) is 2. The molecule has 1 heterocycles. The first-order valence-corrected chi connectivity index (χ1v) is 10.7. The van der Waals surface area contributed by atoms with Gasteiger partial charge in [-0.15, -0.1) is 0 Å². The van der Waals surface area contributed by atoms with Crippen molar-refractivity contribution in [2.45, 2.75) is 71.4 Å². The summed E-state index contributed by atoms with van der Waals surface area (Å²) >= 11 is 0. The van der Waals surface area contributed by atoms with Crippen molar-refractivity contribution in [3.63, 3.8) is 0 Å². The molecule has 1 N–H and O–H groups in total. The molecule has 6 heteroatoms. The monoisotopic (exact) mass is 401 g/mol. The summed E-state index contributed by atoms with van der Waals surface area (Å²) in [5, 5.41) is 12.3. The summed E-state index contributed by atoms with van der Waals surface area (Å²) in [6.07, 6.45) is 8.92. The first kappa shape index (κ1) is 23.2. The lowest BCUT2D eigenvalue weighted by Gasteiger charge is -2.21. The van der Waals surface area contributed by atoms with Crippen LogP contribution in [0.4, 0.5) is 0 Å². The Balaban J connectivity index is 1.89. The molecule has 6 nitrogen and oxygen atoms in total. The molecule has 1 saturated carbocycles. The first-order valence-electron chi connectivity index (χ1n) is 10.7. The number of amides is 1. The molecule has 29 heavy (non-hydrogen) atoms. The number of nitrogens with zero attached hydrogens (tertiary/aromatic N) is 2. The van der Waals surface area contributed by atoms with Gasteiger partial charge in [0.15, 0.2) is 0 Å². The van der Waals surface area contributed by atoms with Gasteiger partial charge >= 0.3 is 0 Å². The van der Waals surface area contributed by atoms with Crippen LogP contribution >= 0.6 is 0 Å².